The fourth-order valence-corrected chi connectivity index (χ4v) is 2.05. The van der Waals surface area contributed by atoms with Crippen LogP contribution in [0.15, 0.2) is 0 Å². The van der Waals surface area contributed by atoms with Crippen molar-refractivity contribution in [1.82, 2.24) is 9.97 Å². The highest BCUT2D eigenvalue weighted by molar-refractivity contribution is 5.58. The first kappa shape index (κ1) is 16.7. The molecule has 0 aliphatic rings. The van der Waals surface area contributed by atoms with Crippen molar-refractivity contribution < 1.29 is 5.11 Å². The summed E-state index contributed by atoms with van der Waals surface area (Å²) in [6, 6.07) is 0.292. The lowest BCUT2D eigenvalue weighted by Gasteiger charge is -2.30. The Labute approximate surface area is 121 Å². The van der Waals surface area contributed by atoms with E-state index in [0.717, 1.165) is 23.8 Å². The molecule has 1 rings (SSSR count). The van der Waals surface area contributed by atoms with Crippen LogP contribution in [0, 0.1) is 6.92 Å². The summed E-state index contributed by atoms with van der Waals surface area (Å²) in [5, 5.41) is 9.06. The molecule has 4 N–H and O–H groups in total. The molecule has 0 unspecified atom stereocenters. The number of nitrogens with two attached hydrogens (primary N) is 1. The summed E-state index contributed by atoms with van der Waals surface area (Å²) in [6.45, 7) is 11.2. The highest BCUT2D eigenvalue weighted by atomic mass is 16.3. The molecular formula is C14H27N5O. The molecule has 0 aliphatic heterocycles. The maximum absolute atomic E-state index is 9.06. The highest BCUT2D eigenvalue weighted by Gasteiger charge is 2.19. The van der Waals surface area contributed by atoms with Crippen LogP contribution >= 0.6 is 0 Å². The Bertz CT molecular complexity index is 434. The molecule has 0 fully saturated rings. The first-order chi connectivity index (χ1) is 9.42. The first-order valence-electron chi connectivity index (χ1n) is 7.15. The van der Waals surface area contributed by atoms with Gasteiger partial charge < -0.3 is 15.4 Å². The molecule has 1 heterocycles. The molecule has 114 valence electrons. The van der Waals surface area contributed by atoms with Crippen LogP contribution in [-0.4, -0.2) is 34.3 Å². The topological polar surface area (TPSA) is 87.3 Å². The van der Waals surface area contributed by atoms with Gasteiger partial charge in [-0.05, 0) is 27.2 Å². The number of rotatable bonds is 7. The lowest BCUT2D eigenvalue weighted by atomic mass is 10.1. The highest BCUT2D eigenvalue weighted by Crippen LogP contribution is 2.27. The second-order valence-electron chi connectivity index (χ2n) is 5.54. The van der Waals surface area contributed by atoms with Crippen molar-refractivity contribution in [1.29, 1.82) is 0 Å². The van der Waals surface area contributed by atoms with Crippen LogP contribution in [0.4, 0.5) is 11.6 Å². The van der Waals surface area contributed by atoms with Crippen LogP contribution in [-0.2, 0) is 0 Å². The van der Waals surface area contributed by atoms with Crippen molar-refractivity contribution in [2.75, 3.05) is 23.5 Å². The monoisotopic (exact) mass is 281 g/mol. The van der Waals surface area contributed by atoms with E-state index in [0.29, 0.717) is 18.3 Å². The quantitative estimate of drug-likeness (QED) is 0.522. The van der Waals surface area contributed by atoms with Crippen LogP contribution < -0.4 is 16.2 Å². The fraction of sp³-hybridized carbons (Fsp3) is 0.714. The van der Waals surface area contributed by atoms with E-state index in [9.17, 15) is 0 Å². The Morgan fingerprint density at radius 1 is 1.25 bits per heavy atom. The van der Waals surface area contributed by atoms with Gasteiger partial charge in [0.15, 0.2) is 0 Å². The molecule has 0 amide bonds. The maximum Gasteiger partial charge on any atom is 0.148 e. The molecule has 6 heteroatoms. The Balaban J connectivity index is 3.27. The number of hydrogen-bond donors (Lipinski definition) is 3. The average molecular weight is 281 g/mol. The zero-order chi connectivity index (χ0) is 15.3. The summed E-state index contributed by atoms with van der Waals surface area (Å²) in [7, 11) is 0. The van der Waals surface area contributed by atoms with Gasteiger partial charge in [0.25, 0.3) is 0 Å². The summed E-state index contributed by atoms with van der Waals surface area (Å²) >= 11 is 0. The molecule has 0 spiro atoms. The first-order valence-corrected chi connectivity index (χ1v) is 7.15. The van der Waals surface area contributed by atoms with Gasteiger partial charge in [-0.3, -0.25) is 0 Å². The summed E-state index contributed by atoms with van der Waals surface area (Å²) in [6.07, 6.45) is 0.712. The van der Waals surface area contributed by atoms with E-state index >= 15 is 0 Å². The summed E-state index contributed by atoms with van der Waals surface area (Å²) < 4.78 is 0. The van der Waals surface area contributed by atoms with Gasteiger partial charge in [-0.1, -0.05) is 13.8 Å². The third-order valence-electron chi connectivity index (χ3n) is 3.24. The van der Waals surface area contributed by atoms with Gasteiger partial charge in [0.2, 0.25) is 0 Å². The number of aromatic nitrogens is 2. The molecule has 20 heavy (non-hydrogen) atoms. The minimum atomic E-state index is 0.173. The van der Waals surface area contributed by atoms with Gasteiger partial charge >= 0.3 is 0 Å². The zero-order valence-corrected chi connectivity index (χ0v) is 13.1. The number of anilines is 2. The molecule has 0 saturated heterocycles. The van der Waals surface area contributed by atoms with Crippen molar-refractivity contribution in [3.05, 3.63) is 11.4 Å². The van der Waals surface area contributed by atoms with Crippen molar-refractivity contribution in [2.45, 2.75) is 53.0 Å². The predicted molar refractivity (Wildman–Crippen MR) is 82.9 cm³/mol. The normalized spacial score (nSPS) is 11.2. The number of nitrogens with zero attached hydrogens (tertiary/aromatic N) is 3. The predicted octanol–water partition coefficient (Wildman–Crippen LogP) is 1.79. The number of hydrogen-bond acceptors (Lipinski definition) is 6. The lowest BCUT2D eigenvalue weighted by Crippen LogP contribution is -2.34. The van der Waals surface area contributed by atoms with Crippen LogP contribution in [0.25, 0.3) is 0 Å². The van der Waals surface area contributed by atoms with Crippen LogP contribution in [0.2, 0.25) is 0 Å². The number of nitrogens with one attached hydrogen (secondary N) is 1. The molecule has 1 aromatic rings. The molecular weight excluding hydrogens is 254 g/mol. The number of aliphatic hydroxyl groups is 1. The van der Waals surface area contributed by atoms with Gasteiger partial charge in [-0.2, -0.15) is 0 Å². The fourth-order valence-electron chi connectivity index (χ4n) is 2.05. The summed E-state index contributed by atoms with van der Waals surface area (Å²) in [4.78, 5) is 11.3. The summed E-state index contributed by atoms with van der Waals surface area (Å²) in [5.74, 6) is 8.12. The van der Waals surface area contributed by atoms with Crippen LogP contribution in [0.1, 0.15) is 51.4 Å². The third-order valence-corrected chi connectivity index (χ3v) is 3.24. The SMILES string of the molecule is Cc1c(NN)nc(C(C)C)nc1N(CCCO)C(C)C. The minimum absolute atomic E-state index is 0.173. The van der Waals surface area contributed by atoms with E-state index in [-0.39, 0.29) is 12.5 Å². The largest absolute Gasteiger partial charge is 0.396 e. The van der Waals surface area contributed by atoms with Gasteiger partial charge in [-0.15, -0.1) is 0 Å². The van der Waals surface area contributed by atoms with E-state index in [1.807, 2.05) is 6.92 Å². The minimum Gasteiger partial charge on any atom is -0.396 e. The smallest absolute Gasteiger partial charge is 0.148 e. The molecule has 1 aromatic heterocycles. The van der Waals surface area contributed by atoms with E-state index in [1.54, 1.807) is 0 Å². The van der Waals surface area contributed by atoms with Gasteiger partial charge in [-0.25, -0.2) is 15.8 Å². The summed E-state index contributed by atoms with van der Waals surface area (Å²) in [5.41, 5.74) is 3.59. The molecule has 0 atom stereocenters. The van der Waals surface area contributed by atoms with E-state index < -0.39 is 0 Å². The Kier molecular flexibility index (Phi) is 6.16. The van der Waals surface area contributed by atoms with Gasteiger partial charge in [0, 0.05) is 30.7 Å². The van der Waals surface area contributed by atoms with E-state index in [2.05, 4.69) is 43.0 Å². The third kappa shape index (κ3) is 3.80. The number of nitrogen functional groups attached to an aromatic ring is 1. The molecule has 0 aliphatic carbocycles. The molecule has 0 radical (unpaired) electrons. The Morgan fingerprint density at radius 3 is 2.35 bits per heavy atom. The van der Waals surface area contributed by atoms with E-state index in [4.69, 9.17) is 15.9 Å². The number of aliphatic hydroxyl groups excluding tert-OH is 1. The second kappa shape index (κ2) is 7.40. The van der Waals surface area contributed by atoms with Crippen molar-refractivity contribution in [2.24, 2.45) is 5.84 Å². The lowest BCUT2D eigenvalue weighted by molar-refractivity contribution is 0.288. The molecule has 0 aromatic carbocycles. The zero-order valence-electron chi connectivity index (χ0n) is 13.1. The standard InChI is InChI=1S/C14H27N5O/c1-9(2)12-16-13(18-15)11(5)14(17-12)19(10(3)4)7-6-8-20/h9-10,20H,6-8,15H2,1-5H3,(H,16,17,18). The Morgan fingerprint density at radius 2 is 1.90 bits per heavy atom. The molecule has 0 saturated carbocycles. The Hall–Kier alpha value is -1.40. The van der Waals surface area contributed by atoms with Crippen LogP contribution in [0.3, 0.4) is 0 Å². The van der Waals surface area contributed by atoms with E-state index in [1.165, 1.54) is 0 Å². The molecule has 0 bridgehead atoms. The van der Waals surface area contributed by atoms with Crippen molar-refractivity contribution in [3.8, 4) is 0 Å². The number of hydrazine groups is 1. The van der Waals surface area contributed by atoms with Gasteiger partial charge in [0.05, 0.1) is 0 Å². The van der Waals surface area contributed by atoms with Crippen LogP contribution in [0.5, 0.6) is 0 Å². The second-order valence-corrected chi connectivity index (χ2v) is 5.54. The maximum atomic E-state index is 9.06. The van der Waals surface area contributed by atoms with Gasteiger partial charge in [0.1, 0.15) is 17.5 Å². The van der Waals surface area contributed by atoms with Crippen molar-refractivity contribution in [3.63, 3.8) is 0 Å². The molecule has 6 nitrogen and oxygen atoms in total. The van der Waals surface area contributed by atoms with Crippen molar-refractivity contribution >= 4 is 11.6 Å². The average Bonchev–Trinajstić information content (AvgIpc) is 2.40.